The van der Waals surface area contributed by atoms with Gasteiger partial charge in [0.2, 0.25) is 6.29 Å². The lowest BCUT2D eigenvalue weighted by molar-refractivity contribution is -0.177. The van der Waals surface area contributed by atoms with Crippen LogP contribution in [-0.4, -0.2) is 28.4 Å². The largest absolute Gasteiger partial charge is 0.481 e. The van der Waals surface area contributed by atoms with E-state index in [2.05, 4.69) is 13.8 Å². The molecule has 0 amide bonds. The number of aliphatic carboxylic acids is 1. The highest BCUT2D eigenvalue weighted by molar-refractivity contribution is 5.92. The van der Waals surface area contributed by atoms with Crippen molar-refractivity contribution in [2.24, 2.45) is 28.1 Å². The first-order valence-electron chi connectivity index (χ1n) is 9.50. The molecule has 0 spiro atoms. The predicted octanol–water partition coefficient (Wildman–Crippen LogP) is 3.27. The van der Waals surface area contributed by atoms with Crippen LogP contribution in [-0.2, 0) is 14.3 Å². The second-order valence-corrected chi connectivity index (χ2v) is 9.33. The third-order valence-electron chi connectivity index (χ3n) is 8.32. The van der Waals surface area contributed by atoms with Crippen LogP contribution in [0.3, 0.4) is 0 Å². The highest BCUT2D eigenvalue weighted by Crippen LogP contribution is 2.69. The van der Waals surface area contributed by atoms with Gasteiger partial charge in [-0.1, -0.05) is 20.3 Å². The zero-order chi connectivity index (χ0) is 18.2. The molecule has 5 nitrogen and oxygen atoms in total. The molecule has 0 bridgehead atoms. The van der Waals surface area contributed by atoms with E-state index in [9.17, 15) is 19.8 Å². The monoisotopic (exact) mass is 348 g/mol. The van der Waals surface area contributed by atoms with Crippen molar-refractivity contribution in [1.82, 2.24) is 0 Å². The summed E-state index contributed by atoms with van der Waals surface area (Å²) in [6.45, 7) is 6.34. The van der Waals surface area contributed by atoms with Crippen molar-refractivity contribution in [2.75, 3.05) is 0 Å². The number of aliphatic hydroxyl groups is 1. The summed E-state index contributed by atoms with van der Waals surface area (Å²) < 4.78 is 5.12. The number of carbonyl (C=O) groups excluding carboxylic acids is 1. The van der Waals surface area contributed by atoms with E-state index in [1.54, 1.807) is 0 Å². The maximum absolute atomic E-state index is 12.1. The van der Waals surface area contributed by atoms with Gasteiger partial charge in [0.05, 0.1) is 5.41 Å². The average molecular weight is 348 g/mol. The fraction of sp³-hybridized carbons (Fsp3) is 0.800. The zero-order valence-electron chi connectivity index (χ0n) is 15.3. The maximum Gasteiger partial charge on any atom is 0.336 e. The number of carbonyl (C=O) groups is 2. The summed E-state index contributed by atoms with van der Waals surface area (Å²) in [5.74, 6) is -0.627. The number of carboxylic acid groups (broad SMARTS) is 1. The van der Waals surface area contributed by atoms with Crippen LogP contribution in [0.15, 0.2) is 11.1 Å². The lowest BCUT2D eigenvalue weighted by Gasteiger charge is -2.63. The molecular formula is C20H28O5. The van der Waals surface area contributed by atoms with Crippen LogP contribution in [0.1, 0.15) is 65.7 Å². The van der Waals surface area contributed by atoms with Gasteiger partial charge in [0.1, 0.15) is 0 Å². The van der Waals surface area contributed by atoms with Gasteiger partial charge in [0.25, 0.3) is 0 Å². The van der Waals surface area contributed by atoms with Gasteiger partial charge >= 0.3 is 11.9 Å². The Bertz CT molecular complexity index is 682. The number of fused-ring (bicyclic) bond motifs is 4. The Morgan fingerprint density at radius 2 is 1.84 bits per heavy atom. The van der Waals surface area contributed by atoms with Gasteiger partial charge in [0, 0.05) is 11.1 Å². The van der Waals surface area contributed by atoms with Crippen molar-refractivity contribution in [3.05, 3.63) is 11.1 Å². The quantitative estimate of drug-likeness (QED) is 0.711. The van der Waals surface area contributed by atoms with Crippen molar-refractivity contribution in [2.45, 2.75) is 72.0 Å². The Morgan fingerprint density at radius 1 is 1.12 bits per heavy atom. The average Bonchev–Trinajstić information content (AvgIpc) is 2.82. The highest BCUT2D eigenvalue weighted by atomic mass is 16.6. The molecule has 0 saturated heterocycles. The molecule has 3 aliphatic carbocycles. The molecule has 138 valence electrons. The van der Waals surface area contributed by atoms with E-state index in [0.29, 0.717) is 12.0 Å². The summed E-state index contributed by atoms with van der Waals surface area (Å²) in [7, 11) is 0. The minimum atomic E-state index is -1.12. The van der Waals surface area contributed by atoms with Crippen molar-refractivity contribution >= 4 is 11.9 Å². The Hall–Kier alpha value is -1.36. The van der Waals surface area contributed by atoms with Crippen LogP contribution in [0.2, 0.25) is 0 Å². The first-order valence-corrected chi connectivity index (χ1v) is 9.50. The van der Waals surface area contributed by atoms with E-state index in [0.717, 1.165) is 44.1 Å². The second-order valence-electron chi connectivity index (χ2n) is 9.33. The van der Waals surface area contributed by atoms with Gasteiger partial charge in [-0.25, -0.2) is 4.79 Å². The second kappa shape index (κ2) is 5.09. The number of esters is 1. The molecule has 0 aromatic carbocycles. The summed E-state index contributed by atoms with van der Waals surface area (Å²) in [4.78, 5) is 24.1. The third-order valence-corrected chi connectivity index (χ3v) is 8.32. The molecule has 0 radical (unpaired) electrons. The summed E-state index contributed by atoms with van der Waals surface area (Å²) in [5, 5.41) is 20.3. The molecule has 6 unspecified atom stereocenters. The summed E-state index contributed by atoms with van der Waals surface area (Å²) in [5.41, 5.74) is 0.425. The molecule has 5 heteroatoms. The molecule has 2 fully saturated rings. The molecular weight excluding hydrogens is 320 g/mol. The normalized spacial score (nSPS) is 49.1. The first-order chi connectivity index (χ1) is 11.6. The fourth-order valence-electron chi connectivity index (χ4n) is 7.19. The summed E-state index contributed by atoms with van der Waals surface area (Å²) >= 11 is 0. The number of hydrogen-bond donors (Lipinski definition) is 2. The molecule has 25 heavy (non-hydrogen) atoms. The molecule has 6 atom stereocenters. The molecule has 1 aliphatic heterocycles. The van der Waals surface area contributed by atoms with Crippen molar-refractivity contribution in [1.29, 1.82) is 0 Å². The molecule has 0 aromatic rings. The van der Waals surface area contributed by atoms with Gasteiger partial charge in [-0.2, -0.15) is 0 Å². The van der Waals surface area contributed by atoms with Crippen LogP contribution in [0.5, 0.6) is 0 Å². The predicted molar refractivity (Wildman–Crippen MR) is 90.4 cm³/mol. The first kappa shape index (κ1) is 17.1. The van der Waals surface area contributed by atoms with Gasteiger partial charge < -0.3 is 14.9 Å². The van der Waals surface area contributed by atoms with Crippen LogP contribution >= 0.6 is 0 Å². The molecule has 2 N–H and O–H groups in total. The smallest absolute Gasteiger partial charge is 0.336 e. The standard InChI is InChI=1S/C20H28O5/c1-18-8-4-9-20(3,17(23)24)13(18)7-10-19(2)12(18)6-5-11-14(19)16(22)25-15(11)21/h12-13,16,22H,4-10H2,1-3H3,(H,23,24). The van der Waals surface area contributed by atoms with E-state index in [-0.39, 0.29) is 28.6 Å². The van der Waals surface area contributed by atoms with E-state index in [1.807, 2.05) is 6.92 Å². The highest BCUT2D eigenvalue weighted by Gasteiger charge is 2.64. The summed E-state index contributed by atoms with van der Waals surface area (Å²) in [6.07, 6.45) is 4.71. The van der Waals surface area contributed by atoms with E-state index in [4.69, 9.17) is 4.74 Å². The molecule has 4 rings (SSSR count). The number of hydrogen-bond acceptors (Lipinski definition) is 4. The molecule has 0 aromatic heterocycles. The zero-order valence-corrected chi connectivity index (χ0v) is 15.3. The molecule has 2 saturated carbocycles. The topological polar surface area (TPSA) is 83.8 Å². The van der Waals surface area contributed by atoms with Crippen LogP contribution in [0.4, 0.5) is 0 Å². The van der Waals surface area contributed by atoms with Crippen molar-refractivity contribution in [3.8, 4) is 0 Å². The minimum Gasteiger partial charge on any atom is -0.481 e. The number of ether oxygens (including phenoxy) is 1. The maximum atomic E-state index is 12.1. The van der Waals surface area contributed by atoms with E-state index >= 15 is 0 Å². The Labute approximate surface area is 148 Å². The van der Waals surface area contributed by atoms with Crippen molar-refractivity contribution < 1.29 is 24.5 Å². The van der Waals surface area contributed by atoms with Crippen LogP contribution in [0, 0.1) is 28.1 Å². The SMILES string of the molecule is CC1(C(=O)O)CCCC2(C)C1CCC1(C)C3=C(CCC12)C(=O)OC3O. The Balaban J connectivity index is 1.79. The van der Waals surface area contributed by atoms with Crippen LogP contribution < -0.4 is 0 Å². The Kier molecular flexibility index (Phi) is 3.48. The lowest BCUT2D eigenvalue weighted by atomic mass is 9.40. The fourth-order valence-corrected chi connectivity index (χ4v) is 7.19. The van der Waals surface area contributed by atoms with Gasteiger partial charge in [0.15, 0.2) is 0 Å². The van der Waals surface area contributed by atoms with E-state index in [1.165, 1.54) is 0 Å². The van der Waals surface area contributed by atoms with Gasteiger partial charge in [-0.05, 0) is 68.1 Å². The van der Waals surface area contributed by atoms with Crippen molar-refractivity contribution in [3.63, 3.8) is 0 Å². The van der Waals surface area contributed by atoms with Gasteiger partial charge in [-0.3, -0.25) is 4.79 Å². The molecule has 1 heterocycles. The number of carboxylic acids is 1. The number of cyclic esters (lactones) is 1. The minimum absolute atomic E-state index is 0.0811. The Morgan fingerprint density at radius 3 is 2.52 bits per heavy atom. The van der Waals surface area contributed by atoms with Gasteiger partial charge in [-0.15, -0.1) is 0 Å². The lowest BCUT2D eigenvalue weighted by Crippen LogP contribution is -2.59. The van der Waals surface area contributed by atoms with E-state index < -0.39 is 17.7 Å². The summed E-state index contributed by atoms with van der Waals surface area (Å²) in [6, 6.07) is 0. The third kappa shape index (κ3) is 1.99. The van der Waals surface area contributed by atoms with Crippen LogP contribution in [0.25, 0.3) is 0 Å². The number of aliphatic hydroxyl groups excluding tert-OH is 1. The number of rotatable bonds is 1. The molecule has 4 aliphatic rings.